The summed E-state index contributed by atoms with van der Waals surface area (Å²) in [6.07, 6.45) is 10.1. The fourth-order valence-electron chi connectivity index (χ4n) is 7.31. The Morgan fingerprint density at radius 2 is 0.981 bits per heavy atom. The Morgan fingerprint density at radius 1 is 0.577 bits per heavy atom. The normalized spacial score (nSPS) is 17.9. The number of carbonyl (C=O) groups excluding carboxylic acids is 2. The first-order valence-corrected chi connectivity index (χ1v) is 18.2. The van der Waals surface area contributed by atoms with Gasteiger partial charge in [-0.2, -0.15) is 10.2 Å². The summed E-state index contributed by atoms with van der Waals surface area (Å²) in [7, 11) is 0. The van der Waals surface area contributed by atoms with Crippen molar-refractivity contribution in [2.45, 2.75) is 77.5 Å². The molecule has 8 nitrogen and oxygen atoms in total. The molecule has 264 valence electrons. The molecule has 0 radical (unpaired) electrons. The SMILES string of the molecule is C[C@@H]1CC(=O)Cc2cccc(-c3cnn([C@@H](C)c4ccccc4)c3)c2N1.C[C@@H]1CC(=O)Cc2cccc(-c3cnn([C@H](C)c4ccccc4)c3)c2N1. The third kappa shape index (κ3) is 7.61. The van der Waals surface area contributed by atoms with Gasteiger partial charge in [0.1, 0.15) is 11.6 Å². The van der Waals surface area contributed by atoms with Crippen molar-refractivity contribution in [3.63, 3.8) is 0 Å². The molecule has 0 unspecified atom stereocenters. The van der Waals surface area contributed by atoms with Gasteiger partial charge in [-0.1, -0.05) is 97.1 Å². The summed E-state index contributed by atoms with van der Waals surface area (Å²) in [5.74, 6) is 0.573. The number of hydrogen-bond donors (Lipinski definition) is 2. The lowest BCUT2D eigenvalue weighted by atomic mass is 10.00. The van der Waals surface area contributed by atoms with E-state index in [0.29, 0.717) is 25.7 Å². The zero-order valence-electron chi connectivity index (χ0n) is 30.3. The van der Waals surface area contributed by atoms with Crippen LogP contribution in [0.2, 0.25) is 0 Å². The molecule has 8 rings (SSSR count). The number of aromatic nitrogens is 4. The highest BCUT2D eigenvalue weighted by Crippen LogP contribution is 2.36. The highest BCUT2D eigenvalue weighted by Gasteiger charge is 2.23. The zero-order chi connectivity index (χ0) is 36.2. The van der Waals surface area contributed by atoms with Crippen molar-refractivity contribution in [1.29, 1.82) is 0 Å². The number of carbonyl (C=O) groups is 2. The first-order valence-electron chi connectivity index (χ1n) is 18.2. The predicted molar refractivity (Wildman–Crippen MR) is 209 cm³/mol. The van der Waals surface area contributed by atoms with Gasteiger partial charge in [0.15, 0.2) is 0 Å². The van der Waals surface area contributed by atoms with Gasteiger partial charge in [-0.3, -0.25) is 19.0 Å². The van der Waals surface area contributed by atoms with E-state index >= 15 is 0 Å². The smallest absolute Gasteiger partial charge is 0.139 e. The summed E-state index contributed by atoms with van der Waals surface area (Å²) in [5, 5.41) is 16.3. The number of ketones is 2. The van der Waals surface area contributed by atoms with Gasteiger partial charge in [-0.25, -0.2) is 0 Å². The van der Waals surface area contributed by atoms with Crippen LogP contribution in [0.3, 0.4) is 0 Å². The Bertz CT molecular complexity index is 2010. The van der Waals surface area contributed by atoms with Crippen LogP contribution in [0.1, 0.15) is 74.9 Å². The van der Waals surface area contributed by atoms with E-state index in [1.807, 2.05) is 58.2 Å². The molecule has 0 aliphatic carbocycles. The second-order valence-electron chi connectivity index (χ2n) is 14.2. The molecule has 0 amide bonds. The van der Waals surface area contributed by atoms with Crippen LogP contribution in [-0.4, -0.2) is 43.2 Å². The molecule has 2 aliphatic heterocycles. The van der Waals surface area contributed by atoms with Crippen LogP contribution in [0.5, 0.6) is 0 Å². The number of fused-ring (bicyclic) bond motifs is 2. The molecule has 2 aliphatic rings. The van der Waals surface area contributed by atoms with Gasteiger partial charge in [0, 0.05) is 83.8 Å². The van der Waals surface area contributed by atoms with E-state index in [2.05, 4.69) is 122 Å². The topological polar surface area (TPSA) is 93.8 Å². The maximum Gasteiger partial charge on any atom is 0.139 e. The van der Waals surface area contributed by atoms with Gasteiger partial charge in [-0.15, -0.1) is 0 Å². The van der Waals surface area contributed by atoms with Crippen LogP contribution >= 0.6 is 0 Å². The first-order chi connectivity index (χ1) is 25.2. The summed E-state index contributed by atoms with van der Waals surface area (Å²) < 4.78 is 3.99. The highest BCUT2D eigenvalue weighted by molar-refractivity contribution is 5.90. The second kappa shape index (κ2) is 15.2. The molecule has 6 aromatic rings. The Morgan fingerprint density at radius 3 is 1.38 bits per heavy atom. The maximum atomic E-state index is 12.1. The number of Topliss-reactive ketones (excluding diaryl/α,β-unsaturated/α-hetero) is 2. The minimum atomic E-state index is 0.142. The minimum absolute atomic E-state index is 0.142. The quantitative estimate of drug-likeness (QED) is 0.181. The molecule has 0 saturated carbocycles. The Kier molecular flexibility index (Phi) is 10.2. The molecule has 52 heavy (non-hydrogen) atoms. The van der Waals surface area contributed by atoms with Gasteiger partial charge >= 0.3 is 0 Å². The van der Waals surface area contributed by atoms with Crippen molar-refractivity contribution >= 4 is 22.9 Å². The average Bonchev–Trinajstić information content (AvgIpc) is 3.78. The molecule has 2 aromatic heterocycles. The van der Waals surface area contributed by atoms with Crippen molar-refractivity contribution in [3.05, 3.63) is 144 Å². The summed E-state index contributed by atoms with van der Waals surface area (Å²) >= 11 is 0. The van der Waals surface area contributed by atoms with E-state index < -0.39 is 0 Å². The molecule has 2 N–H and O–H groups in total. The number of benzene rings is 4. The number of para-hydroxylation sites is 2. The van der Waals surface area contributed by atoms with Crippen molar-refractivity contribution in [3.8, 4) is 22.3 Å². The summed E-state index contributed by atoms with van der Waals surface area (Å²) in [6.45, 7) is 8.42. The lowest BCUT2D eigenvalue weighted by molar-refractivity contribution is -0.119. The monoisotopic (exact) mass is 690 g/mol. The van der Waals surface area contributed by atoms with E-state index in [0.717, 1.165) is 44.8 Å². The molecule has 8 heteroatoms. The van der Waals surface area contributed by atoms with Crippen LogP contribution in [0.15, 0.2) is 122 Å². The van der Waals surface area contributed by atoms with Gasteiger partial charge < -0.3 is 10.6 Å². The molecular weight excluding hydrogens is 645 g/mol. The Labute approximate surface area is 305 Å². The lowest BCUT2D eigenvalue weighted by Gasteiger charge is -2.16. The number of hydrogen-bond acceptors (Lipinski definition) is 6. The number of rotatable bonds is 6. The van der Waals surface area contributed by atoms with Gasteiger partial charge in [0.05, 0.1) is 24.5 Å². The lowest BCUT2D eigenvalue weighted by Crippen LogP contribution is -2.17. The molecule has 0 spiro atoms. The molecule has 0 fully saturated rings. The molecule has 0 bridgehead atoms. The fraction of sp³-hybridized carbons (Fsp3) is 0.273. The summed E-state index contributed by atoms with van der Waals surface area (Å²) in [4.78, 5) is 24.2. The first kappa shape index (κ1) is 34.7. The van der Waals surface area contributed by atoms with E-state index in [-0.39, 0.29) is 35.7 Å². The highest BCUT2D eigenvalue weighted by atomic mass is 16.1. The van der Waals surface area contributed by atoms with E-state index in [9.17, 15) is 9.59 Å². The Balaban J connectivity index is 0.000000162. The van der Waals surface area contributed by atoms with Crippen LogP contribution in [-0.2, 0) is 22.4 Å². The van der Waals surface area contributed by atoms with Crippen molar-refractivity contribution in [2.24, 2.45) is 0 Å². The average molecular weight is 691 g/mol. The molecule has 4 atom stereocenters. The summed E-state index contributed by atoms with van der Waals surface area (Å²) in [5.41, 5.74) is 11.1. The van der Waals surface area contributed by atoms with Crippen molar-refractivity contribution in [1.82, 2.24) is 19.6 Å². The van der Waals surface area contributed by atoms with Crippen LogP contribution in [0, 0.1) is 0 Å². The fourth-order valence-corrected chi connectivity index (χ4v) is 7.31. The van der Waals surface area contributed by atoms with Gasteiger partial charge in [0.2, 0.25) is 0 Å². The Hall–Kier alpha value is -5.76. The molecule has 4 heterocycles. The standard InChI is InChI=1S/2C22H23N3O/c2*1-15-11-20(26)12-18-9-6-10-21(22(18)24-15)19-13-23-25(14-19)16(2)17-7-4-3-5-8-17/h2*3-10,13-16,24H,11-12H2,1-2H3/t15-,16+;15-,16-/m11/s1. The van der Waals surface area contributed by atoms with Gasteiger partial charge in [-0.05, 0) is 49.9 Å². The molecule has 0 saturated heterocycles. The zero-order valence-corrected chi connectivity index (χ0v) is 30.3. The maximum absolute atomic E-state index is 12.1. The van der Waals surface area contributed by atoms with Crippen molar-refractivity contribution < 1.29 is 9.59 Å². The van der Waals surface area contributed by atoms with E-state index in [1.165, 1.54) is 11.1 Å². The van der Waals surface area contributed by atoms with Crippen LogP contribution in [0.25, 0.3) is 22.3 Å². The predicted octanol–water partition coefficient (Wildman–Crippen LogP) is 8.95. The number of anilines is 2. The van der Waals surface area contributed by atoms with E-state index in [1.54, 1.807) is 0 Å². The molecule has 4 aromatic carbocycles. The third-order valence-electron chi connectivity index (χ3n) is 10.1. The molecular formula is C44H46N6O2. The van der Waals surface area contributed by atoms with Gasteiger partial charge in [0.25, 0.3) is 0 Å². The third-order valence-corrected chi connectivity index (χ3v) is 10.1. The van der Waals surface area contributed by atoms with E-state index in [4.69, 9.17) is 0 Å². The number of nitrogens with one attached hydrogen (secondary N) is 2. The van der Waals surface area contributed by atoms with Crippen LogP contribution in [0.4, 0.5) is 11.4 Å². The minimum Gasteiger partial charge on any atom is -0.381 e. The largest absolute Gasteiger partial charge is 0.381 e. The second-order valence-corrected chi connectivity index (χ2v) is 14.2. The van der Waals surface area contributed by atoms with Crippen molar-refractivity contribution in [2.75, 3.05) is 10.6 Å². The van der Waals surface area contributed by atoms with Crippen LogP contribution < -0.4 is 10.6 Å². The summed E-state index contributed by atoms with van der Waals surface area (Å²) in [6, 6.07) is 33.7. The number of nitrogens with zero attached hydrogens (tertiary/aromatic N) is 4.